The minimum atomic E-state index is -0.694. The SMILES string of the molecule is CCOC(=O)/C=C/C(=O)OC[C@@H](C)NC(=O)OC(C)(C)C. The van der Waals surface area contributed by atoms with E-state index in [0.717, 1.165) is 12.2 Å². The molecule has 120 valence electrons. The van der Waals surface area contributed by atoms with Gasteiger partial charge in [0, 0.05) is 12.2 Å². The summed E-state index contributed by atoms with van der Waals surface area (Å²) >= 11 is 0. The number of amides is 1. The smallest absolute Gasteiger partial charge is 0.407 e. The van der Waals surface area contributed by atoms with Gasteiger partial charge in [-0.3, -0.25) is 0 Å². The van der Waals surface area contributed by atoms with Gasteiger partial charge in [-0.05, 0) is 34.6 Å². The number of ether oxygens (including phenoxy) is 3. The van der Waals surface area contributed by atoms with Gasteiger partial charge in [0.2, 0.25) is 0 Å². The van der Waals surface area contributed by atoms with Crippen molar-refractivity contribution in [1.29, 1.82) is 0 Å². The van der Waals surface area contributed by atoms with Crippen LogP contribution in [0.1, 0.15) is 34.6 Å². The molecule has 0 aliphatic carbocycles. The van der Waals surface area contributed by atoms with Gasteiger partial charge in [0.1, 0.15) is 12.2 Å². The van der Waals surface area contributed by atoms with Crippen molar-refractivity contribution in [2.45, 2.75) is 46.3 Å². The zero-order valence-electron chi connectivity index (χ0n) is 13.1. The standard InChI is InChI=1S/C14H23NO6/c1-6-19-11(16)7-8-12(17)20-9-10(2)15-13(18)21-14(3,4)5/h7-8,10H,6,9H2,1-5H3,(H,15,18)/b8-7+/t10-/m1/s1. The quantitative estimate of drug-likeness (QED) is 0.455. The zero-order valence-corrected chi connectivity index (χ0v) is 13.1. The fourth-order valence-corrected chi connectivity index (χ4v) is 1.13. The van der Waals surface area contributed by atoms with Crippen molar-refractivity contribution in [2.24, 2.45) is 0 Å². The number of hydrogen-bond acceptors (Lipinski definition) is 6. The summed E-state index contributed by atoms with van der Waals surface area (Å²) in [4.78, 5) is 33.7. The third kappa shape index (κ3) is 11.5. The molecule has 0 saturated heterocycles. The molecule has 0 aliphatic rings. The lowest BCUT2D eigenvalue weighted by atomic mass is 10.2. The van der Waals surface area contributed by atoms with Crippen LogP contribution in [0.5, 0.6) is 0 Å². The molecule has 21 heavy (non-hydrogen) atoms. The van der Waals surface area contributed by atoms with Crippen LogP contribution in [0.4, 0.5) is 4.79 Å². The number of rotatable bonds is 6. The van der Waals surface area contributed by atoms with E-state index in [4.69, 9.17) is 9.47 Å². The molecule has 0 unspecified atom stereocenters. The molecule has 0 fully saturated rings. The van der Waals surface area contributed by atoms with Crippen molar-refractivity contribution < 1.29 is 28.6 Å². The molecule has 7 heteroatoms. The molecule has 0 saturated carbocycles. The second-order valence-electron chi connectivity index (χ2n) is 5.26. The highest BCUT2D eigenvalue weighted by atomic mass is 16.6. The number of carbonyl (C=O) groups is 3. The number of hydrogen-bond donors (Lipinski definition) is 1. The number of nitrogens with one attached hydrogen (secondary N) is 1. The number of alkyl carbamates (subject to hydrolysis) is 1. The predicted octanol–water partition coefficient (Wildman–Crippen LogP) is 1.56. The first-order valence-electron chi connectivity index (χ1n) is 6.65. The molecule has 0 heterocycles. The van der Waals surface area contributed by atoms with Crippen LogP contribution in [0, 0.1) is 0 Å². The molecule has 0 rings (SSSR count). The van der Waals surface area contributed by atoms with Crippen molar-refractivity contribution in [3.05, 3.63) is 12.2 Å². The van der Waals surface area contributed by atoms with Gasteiger partial charge in [-0.2, -0.15) is 0 Å². The van der Waals surface area contributed by atoms with Crippen LogP contribution >= 0.6 is 0 Å². The highest BCUT2D eigenvalue weighted by Gasteiger charge is 2.18. The molecular formula is C14H23NO6. The van der Waals surface area contributed by atoms with Crippen LogP contribution in [0.25, 0.3) is 0 Å². The Balaban J connectivity index is 4.02. The number of carbonyl (C=O) groups excluding carboxylic acids is 3. The Morgan fingerprint density at radius 3 is 2.10 bits per heavy atom. The summed E-state index contributed by atoms with van der Waals surface area (Å²) in [6.07, 6.45) is 1.36. The van der Waals surface area contributed by atoms with Crippen molar-refractivity contribution in [1.82, 2.24) is 5.32 Å². The van der Waals surface area contributed by atoms with E-state index in [-0.39, 0.29) is 13.2 Å². The molecular weight excluding hydrogens is 278 g/mol. The van der Waals surface area contributed by atoms with Crippen LogP contribution < -0.4 is 5.32 Å². The molecule has 1 atom stereocenters. The van der Waals surface area contributed by atoms with E-state index in [9.17, 15) is 14.4 Å². The second-order valence-corrected chi connectivity index (χ2v) is 5.26. The third-order valence-electron chi connectivity index (χ3n) is 1.88. The first-order chi connectivity index (χ1) is 9.64. The maximum atomic E-state index is 11.5. The summed E-state index contributed by atoms with van der Waals surface area (Å²) in [6, 6.07) is -0.417. The molecule has 1 N–H and O–H groups in total. The first-order valence-corrected chi connectivity index (χ1v) is 6.65. The van der Waals surface area contributed by atoms with Gasteiger partial charge in [-0.15, -0.1) is 0 Å². The Morgan fingerprint density at radius 1 is 1.10 bits per heavy atom. The van der Waals surface area contributed by atoms with Crippen LogP contribution in [-0.4, -0.2) is 42.9 Å². The lowest BCUT2D eigenvalue weighted by Crippen LogP contribution is -2.40. The first kappa shape index (κ1) is 18.9. The molecule has 0 aliphatic heterocycles. The summed E-state index contributed by atoms with van der Waals surface area (Å²) in [5.74, 6) is -1.31. The largest absolute Gasteiger partial charge is 0.463 e. The van der Waals surface area contributed by atoms with Gasteiger partial charge in [0.15, 0.2) is 0 Å². The van der Waals surface area contributed by atoms with Gasteiger partial charge >= 0.3 is 18.0 Å². The normalized spacial score (nSPS) is 12.6. The van der Waals surface area contributed by atoms with Crippen LogP contribution in [-0.2, 0) is 23.8 Å². The molecule has 0 aromatic carbocycles. The second kappa shape index (κ2) is 8.99. The van der Waals surface area contributed by atoms with Gasteiger partial charge in [0.25, 0.3) is 0 Å². The summed E-state index contributed by atoms with van der Waals surface area (Å²) in [5, 5.41) is 2.52. The van der Waals surface area contributed by atoms with E-state index in [2.05, 4.69) is 10.1 Å². The van der Waals surface area contributed by atoms with E-state index in [1.165, 1.54) is 0 Å². The van der Waals surface area contributed by atoms with Crippen molar-refractivity contribution in [2.75, 3.05) is 13.2 Å². The topological polar surface area (TPSA) is 90.9 Å². The summed E-state index contributed by atoms with van der Waals surface area (Å²) in [5.41, 5.74) is -0.594. The summed E-state index contributed by atoms with van der Waals surface area (Å²) in [7, 11) is 0. The van der Waals surface area contributed by atoms with Crippen LogP contribution in [0.3, 0.4) is 0 Å². The predicted molar refractivity (Wildman–Crippen MR) is 75.6 cm³/mol. The maximum absolute atomic E-state index is 11.5. The monoisotopic (exact) mass is 301 g/mol. The number of esters is 2. The Morgan fingerprint density at radius 2 is 1.62 bits per heavy atom. The highest BCUT2D eigenvalue weighted by molar-refractivity contribution is 5.91. The van der Waals surface area contributed by atoms with Gasteiger partial charge in [0.05, 0.1) is 12.6 Å². The van der Waals surface area contributed by atoms with Crippen LogP contribution in [0.15, 0.2) is 12.2 Å². The van der Waals surface area contributed by atoms with Crippen LogP contribution in [0.2, 0.25) is 0 Å². The van der Waals surface area contributed by atoms with Crippen molar-refractivity contribution >= 4 is 18.0 Å². The fraction of sp³-hybridized carbons (Fsp3) is 0.643. The molecule has 0 aromatic heterocycles. The summed E-state index contributed by atoms with van der Waals surface area (Å²) in [6.45, 7) is 8.76. The lowest BCUT2D eigenvalue weighted by molar-refractivity contribution is -0.140. The minimum absolute atomic E-state index is 0.0365. The van der Waals surface area contributed by atoms with Crippen molar-refractivity contribution in [3.63, 3.8) is 0 Å². The lowest BCUT2D eigenvalue weighted by Gasteiger charge is -2.21. The molecule has 7 nitrogen and oxygen atoms in total. The van der Waals surface area contributed by atoms with Gasteiger partial charge in [-0.25, -0.2) is 14.4 Å². The van der Waals surface area contributed by atoms with E-state index in [1.54, 1.807) is 34.6 Å². The Labute approximate surface area is 124 Å². The van der Waals surface area contributed by atoms with Crippen molar-refractivity contribution in [3.8, 4) is 0 Å². The van der Waals surface area contributed by atoms with Gasteiger partial charge in [-0.1, -0.05) is 0 Å². The van der Waals surface area contributed by atoms with E-state index in [0.29, 0.717) is 0 Å². The molecule has 1 amide bonds. The molecule has 0 bridgehead atoms. The van der Waals surface area contributed by atoms with E-state index < -0.39 is 29.7 Å². The molecule has 0 spiro atoms. The Kier molecular flexibility index (Phi) is 8.11. The zero-order chi connectivity index (χ0) is 16.5. The highest BCUT2D eigenvalue weighted by Crippen LogP contribution is 2.06. The molecule has 0 radical (unpaired) electrons. The molecule has 0 aromatic rings. The maximum Gasteiger partial charge on any atom is 0.407 e. The Bertz CT molecular complexity index is 397. The average Bonchev–Trinajstić information content (AvgIpc) is 2.31. The minimum Gasteiger partial charge on any atom is -0.463 e. The van der Waals surface area contributed by atoms with E-state index in [1.807, 2.05) is 0 Å². The average molecular weight is 301 g/mol. The fourth-order valence-electron chi connectivity index (χ4n) is 1.13. The van der Waals surface area contributed by atoms with Gasteiger partial charge < -0.3 is 19.5 Å². The third-order valence-corrected chi connectivity index (χ3v) is 1.88. The summed E-state index contributed by atoms with van der Waals surface area (Å²) < 4.78 is 14.5. The Hall–Kier alpha value is -2.05. The van der Waals surface area contributed by atoms with E-state index >= 15 is 0 Å².